The first-order chi connectivity index (χ1) is 8.60. The second-order valence-electron chi connectivity index (χ2n) is 4.12. The van der Waals surface area contributed by atoms with E-state index in [0.29, 0.717) is 41.5 Å². The maximum absolute atomic E-state index is 12.2. The Bertz CT molecular complexity index is 473. The highest BCUT2D eigenvalue weighted by molar-refractivity contribution is 6.35. The Morgan fingerprint density at radius 3 is 2.22 bits per heavy atom. The Balaban J connectivity index is 2.12. The average molecular weight is 287 g/mol. The first-order valence-corrected chi connectivity index (χ1v) is 6.31. The molecule has 96 valence electrons. The normalized spacial score (nSPS) is 15.7. The number of carbonyl (C=O) groups excluding carboxylic acids is 1. The summed E-state index contributed by atoms with van der Waals surface area (Å²) in [6, 6.07) is 4.80. The van der Waals surface area contributed by atoms with E-state index in [2.05, 4.69) is 5.16 Å². The highest BCUT2D eigenvalue weighted by Gasteiger charge is 2.21. The maximum atomic E-state index is 12.2. The molecule has 18 heavy (non-hydrogen) atoms. The fraction of sp³-hybridized carbons (Fsp3) is 0.333. The molecule has 1 saturated heterocycles. The summed E-state index contributed by atoms with van der Waals surface area (Å²) in [7, 11) is 0. The van der Waals surface area contributed by atoms with Crippen LogP contribution in [-0.2, 0) is 0 Å². The zero-order chi connectivity index (χ0) is 13.1. The molecule has 0 unspecified atom stereocenters. The van der Waals surface area contributed by atoms with Crippen molar-refractivity contribution in [3.8, 4) is 0 Å². The molecule has 4 nitrogen and oxygen atoms in total. The molecule has 0 aliphatic carbocycles. The standard InChI is InChI=1S/C12H12Cl2N2O2/c13-9-5-8(6-10(14)7-9)12(17)16-3-1-11(15-18)2-4-16/h5-7,18H,1-4H2. The van der Waals surface area contributed by atoms with E-state index >= 15 is 0 Å². The number of piperidine rings is 1. The Labute approximate surface area is 115 Å². The van der Waals surface area contributed by atoms with Gasteiger partial charge >= 0.3 is 0 Å². The zero-order valence-corrected chi connectivity index (χ0v) is 11.1. The van der Waals surface area contributed by atoms with Crippen LogP contribution in [0.3, 0.4) is 0 Å². The van der Waals surface area contributed by atoms with E-state index in [1.54, 1.807) is 23.1 Å². The number of halogens is 2. The van der Waals surface area contributed by atoms with E-state index < -0.39 is 0 Å². The number of hydrogen-bond donors (Lipinski definition) is 1. The summed E-state index contributed by atoms with van der Waals surface area (Å²) in [4.78, 5) is 13.9. The van der Waals surface area contributed by atoms with Crippen molar-refractivity contribution < 1.29 is 10.0 Å². The molecule has 1 aromatic carbocycles. The number of nitrogens with zero attached hydrogens (tertiary/aromatic N) is 2. The van der Waals surface area contributed by atoms with Gasteiger partial charge in [0, 0.05) is 41.5 Å². The Hall–Kier alpha value is -1.26. The van der Waals surface area contributed by atoms with E-state index in [9.17, 15) is 4.79 Å². The van der Waals surface area contributed by atoms with Gasteiger partial charge in [0.1, 0.15) is 0 Å². The lowest BCUT2D eigenvalue weighted by molar-refractivity contribution is 0.0753. The van der Waals surface area contributed by atoms with E-state index in [4.69, 9.17) is 28.4 Å². The predicted molar refractivity (Wildman–Crippen MR) is 70.8 cm³/mol. The van der Waals surface area contributed by atoms with Crippen molar-refractivity contribution in [2.75, 3.05) is 13.1 Å². The largest absolute Gasteiger partial charge is 0.411 e. The lowest BCUT2D eigenvalue weighted by atomic mass is 10.1. The van der Waals surface area contributed by atoms with Gasteiger partial charge in [-0.25, -0.2) is 0 Å². The third-order valence-corrected chi connectivity index (χ3v) is 3.32. The Morgan fingerprint density at radius 1 is 1.17 bits per heavy atom. The van der Waals surface area contributed by atoms with E-state index in [0.717, 1.165) is 5.71 Å². The van der Waals surface area contributed by atoms with Crippen molar-refractivity contribution in [3.05, 3.63) is 33.8 Å². The zero-order valence-electron chi connectivity index (χ0n) is 9.57. The number of oxime groups is 1. The van der Waals surface area contributed by atoms with Gasteiger partial charge in [0.2, 0.25) is 0 Å². The number of amides is 1. The van der Waals surface area contributed by atoms with Crippen molar-refractivity contribution >= 4 is 34.8 Å². The van der Waals surface area contributed by atoms with Gasteiger partial charge in [-0.1, -0.05) is 28.4 Å². The monoisotopic (exact) mass is 286 g/mol. The summed E-state index contributed by atoms with van der Waals surface area (Å²) < 4.78 is 0. The Morgan fingerprint density at radius 2 is 1.72 bits per heavy atom. The summed E-state index contributed by atoms with van der Waals surface area (Å²) in [5.41, 5.74) is 1.21. The van der Waals surface area contributed by atoms with Crippen LogP contribution >= 0.6 is 23.2 Å². The molecule has 0 radical (unpaired) electrons. The van der Waals surface area contributed by atoms with Crippen molar-refractivity contribution in [3.63, 3.8) is 0 Å². The smallest absolute Gasteiger partial charge is 0.253 e. The minimum atomic E-state index is -0.101. The molecule has 1 aliphatic rings. The summed E-state index contributed by atoms with van der Waals surface area (Å²) in [5.74, 6) is -0.101. The van der Waals surface area contributed by atoms with Crippen molar-refractivity contribution in [2.45, 2.75) is 12.8 Å². The summed E-state index contributed by atoms with van der Waals surface area (Å²) in [6.07, 6.45) is 1.19. The average Bonchev–Trinajstić information content (AvgIpc) is 2.37. The molecule has 0 bridgehead atoms. The molecule has 1 aliphatic heterocycles. The number of rotatable bonds is 1. The van der Waals surface area contributed by atoms with Gasteiger partial charge in [-0.05, 0) is 18.2 Å². The highest BCUT2D eigenvalue weighted by atomic mass is 35.5. The molecule has 1 N–H and O–H groups in total. The number of hydrogen-bond acceptors (Lipinski definition) is 3. The molecular formula is C12H12Cl2N2O2. The summed E-state index contributed by atoms with van der Waals surface area (Å²) >= 11 is 11.7. The first kappa shape index (κ1) is 13.2. The third-order valence-electron chi connectivity index (χ3n) is 2.88. The van der Waals surface area contributed by atoms with Gasteiger partial charge in [0.05, 0.1) is 5.71 Å². The molecule has 0 saturated carbocycles. The van der Waals surface area contributed by atoms with Gasteiger partial charge in [-0.3, -0.25) is 4.79 Å². The minimum Gasteiger partial charge on any atom is -0.411 e. The molecule has 0 spiro atoms. The van der Waals surface area contributed by atoms with Gasteiger partial charge in [0.25, 0.3) is 5.91 Å². The quantitative estimate of drug-likeness (QED) is 0.637. The van der Waals surface area contributed by atoms with Crippen LogP contribution in [0.25, 0.3) is 0 Å². The molecule has 1 heterocycles. The van der Waals surface area contributed by atoms with Crippen LogP contribution in [0, 0.1) is 0 Å². The van der Waals surface area contributed by atoms with Gasteiger partial charge in [0.15, 0.2) is 0 Å². The topological polar surface area (TPSA) is 52.9 Å². The first-order valence-electron chi connectivity index (χ1n) is 5.55. The number of carbonyl (C=O) groups is 1. The van der Waals surface area contributed by atoms with Crippen LogP contribution in [0.4, 0.5) is 0 Å². The van der Waals surface area contributed by atoms with Crippen molar-refractivity contribution in [2.24, 2.45) is 5.16 Å². The van der Waals surface area contributed by atoms with Gasteiger partial charge in [-0.15, -0.1) is 0 Å². The van der Waals surface area contributed by atoms with Crippen molar-refractivity contribution in [1.29, 1.82) is 0 Å². The van der Waals surface area contributed by atoms with Crippen LogP contribution in [0.2, 0.25) is 10.0 Å². The van der Waals surface area contributed by atoms with Gasteiger partial charge in [-0.2, -0.15) is 0 Å². The van der Waals surface area contributed by atoms with Crippen LogP contribution < -0.4 is 0 Å². The van der Waals surface area contributed by atoms with E-state index in [-0.39, 0.29) is 5.91 Å². The van der Waals surface area contributed by atoms with Crippen LogP contribution in [0.1, 0.15) is 23.2 Å². The molecular weight excluding hydrogens is 275 g/mol. The molecule has 0 aromatic heterocycles. The second kappa shape index (κ2) is 5.59. The van der Waals surface area contributed by atoms with Crippen LogP contribution in [0.5, 0.6) is 0 Å². The lowest BCUT2D eigenvalue weighted by Crippen LogP contribution is -2.38. The fourth-order valence-corrected chi connectivity index (χ4v) is 2.45. The van der Waals surface area contributed by atoms with Crippen LogP contribution in [0.15, 0.2) is 23.4 Å². The van der Waals surface area contributed by atoms with Gasteiger partial charge < -0.3 is 10.1 Å². The predicted octanol–water partition coefficient (Wildman–Crippen LogP) is 3.06. The Kier molecular flexibility index (Phi) is 4.09. The lowest BCUT2D eigenvalue weighted by Gasteiger charge is -2.27. The van der Waals surface area contributed by atoms with Crippen LogP contribution in [-0.4, -0.2) is 34.8 Å². The molecule has 0 atom stereocenters. The molecule has 1 fully saturated rings. The number of likely N-dealkylation sites (tertiary alicyclic amines) is 1. The summed E-state index contributed by atoms with van der Waals surface area (Å²) in [5, 5.41) is 12.7. The minimum absolute atomic E-state index is 0.101. The highest BCUT2D eigenvalue weighted by Crippen LogP contribution is 2.21. The molecule has 1 aromatic rings. The fourth-order valence-electron chi connectivity index (χ4n) is 1.93. The molecule has 1 amide bonds. The SMILES string of the molecule is O=C(c1cc(Cl)cc(Cl)c1)N1CCC(=NO)CC1. The number of benzene rings is 1. The third kappa shape index (κ3) is 2.94. The maximum Gasteiger partial charge on any atom is 0.253 e. The van der Waals surface area contributed by atoms with E-state index in [1.165, 1.54) is 0 Å². The summed E-state index contributed by atoms with van der Waals surface area (Å²) in [6.45, 7) is 1.09. The molecule has 2 rings (SSSR count). The van der Waals surface area contributed by atoms with E-state index in [1.807, 2.05) is 0 Å². The van der Waals surface area contributed by atoms with Crippen molar-refractivity contribution in [1.82, 2.24) is 4.90 Å². The second-order valence-corrected chi connectivity index (χ2v) is 4.99. The molecule has 6 heteroatoms.